The second kappa shape index (κ2) is 7.61. The lowest BCUT2D eigenvalue weighted by Crippen LogP contribution is -2.07. The molecule has 0 saturated heterocycles. The number of halogens is 4. The first-order valence-electron chi connectivity index (χ1n) is 7.00. The minimum absolute atomic E-state index is 0.0169. The second-order valence-corrected chi connectivity index (χ2v) is 5.46. The largest absolute Gasteiger partial charge is 0.469 e. The van der Waals surface area contributed by atoms with Gasteiger partial charge in [-0.25, -0.2) is 0 Å². The lowest BCUT2D eigenvalue weighted by atomic mass is 10.1. The summed E-state index contributed by atoms with van der Waals surface area (Å²) < 4.78 is 48.3. The molecule has 138 valence electrons. The molecule has 0 unspecified atom stereocenters. The Hall–Kier alpha value is -2.81. The molecule has 0 heterocycles. The van der Waals surface area contributed by atoms with E-state index < -0.39 is 39.1 Å². The van der Waals surface area contributed by atoms with E-state index in [1.807, 2.05) is 0 Å². The number of esters is 1. The fraction of sp³-hybridized carbons (Fsp3) is 0.188. The highest BCUT2D eigenvalue weighted by atomic mass is 35.5. The Morgan fingerprint density at radius 2 is 1.85 bits per heavy atom. The Labute approximate surface area is 150 Å². The summed E-state index contributed by atoms with van der Waals surface area (Å²) in [6.45, 7) is 0. The lowest BCUT2D eigenvalue weighted by molar-refractivity contribution is -0.385. The van der Waals surface area contributed by atoms with Crippen LogP contribution < -0.4 is 4.74 Å². The smallest absolute Gasteiger partial charge is 0.418 e. The molecule has 0 spiro atoms. The van der Waals surface area contributed by atoms with Crippen molar-refractivity contribution in [1.29, 1.82) is 0 Å². The predicted molar refractivity (Wildman–Crippen MR) is 85.3 cm³/mol. The molecule has 2 aromatic carbocycles. The molecule has 26 heavy (non-hydrogen) atoms. The number of nitro groups is 1. The molecule has 0 aliphatic carbocycles. The topological polar surface area (TPSA) is 78.7 Å². The maximum atomic E-state index is 12.8. The number of rotatable bonds is 5. The molecule has 0 fully saturated rings. The van der Waals surface area contributed by atoms with Gasteiger partial charge in [0, 0.05) is 12.1 Å². The summed E-state index contributed by atoms with van der Waals surface area (Å²) in [5.41, 5.74) is -1.60. The Morgan fingerprint density at radius 1 is 1.23 bits per heavy atom. The number of benzene rings is 2. The standard InChI is InChI=1S/C16H11ClF3NO5/c1-25-15(22)6-9-2-4-10(5-3-9)26-14-8-12(17)11(16(18,19)20)7-13(14)21(23)24/h2-5,7-8H,6H2,1H3. The minimum atomic E-state index is -4.84. The molecular weight excluding hydrogens is 379 g/mol. The van der Waals surface area contributed by atoms with Crippen molar-refractivity contribution in [1.82, 2.24) is 0 Å². The van der Waals surface area contributed by atoms with Crippen molar-refractivity contribution < 1.29 is 32.4 Å². The number of nitrogens with zero attached hydrogens (tertiary/aromatic N) is 1. The molecule has 2 rings (SSSR count). The summed E-state index contributed by atoms with van der Waals surface area (Å²) in [4.78, 5) is 21.3. The van der Waals surface area contributed by atoms with Crippen LogP contribution in [0.3, 0.4) is 0 Å². The SMILES string of the molecule is COC(=O)Cc1ccc(Oc2cc(Cl)c(C(F)(F)F)cc2[N+](=O)[O-])cc1. The van der Waals surface area contributed by atoms with Crippen molar-refractivity contribution in [2.75, 3.05) is 7.11 Å². The van der Waals surface area contributed by atoms with E-state index in [1.54, 1.807) is 0 Å². The fourth-order valence-corrected chi connectivity index (χ4v) is 2.29. The van der Waals surface area contributed by atoms with E-state index in [0.717, 1.165) is 6.07 Å². The number of nitro benzene ring substituents is 1. The van der Waals surface area contributed by atoms with E-state index in [2.05, 4.69) is 4.74 Å². The van der Waals surface area contributed by atoms with Crippen LogP contribution in [0, 0.1) is 10.1 Å². The highest BCUT2D eigenvalue weighted by molar-refractivity contribution is 6.31. The first-order valence-corrected chi connectivity index (χ1v) is 7.38. The van der Waals surface area contributed by atoms with E-state index >= 15 is 0 Å². The molecule has 6 nitrogen and oxygen atoms in total. The Kier molecular flexibility index (Phi) is 5.71. The monoisotopic (exact) mass is 389 g/mol. The molecule has 0 atom stereocenters. The van der Waals surface area contributed by atoms with Gasteiger partial charge in [-0.1, -0.05) is 23.7 Å². The Balaban J connectivity index is 2.32. The van der Waals surface area contributed by atoms with Crippen LogP contribution in [0.2, 0.25) is 5.02 Å². The third-order valence-corrected chi connectivity index (χ3v) is 3.59. The van der Waals surface area contributed by atoms with E-state index in [9.17, 15) is 28.1 Å². The molecule has 0 aliphatic rings. The summed E-state index contributed by atoms with van der Waals surface area (Å²) in [6, 6.07) is 6.92. The lowest BCUT2D eigenvalue weighted by Gasteiger charge is -2.12. The maximum absolute atomic E-state index is 12.8. The Morgan fingerprint density at radius 3 is 2.35 bits per heavy atom. The van der Waals surface area contributed by atoms with Crippen molar-refractivity contribution >= 4 is 23.3 Å². The molecule has 0 aromatic heterocycles. The molecule has 0 saturated carbocycles. The molecule has 0 aliphatic heterocycles. The maximum Gasteiger partial charge on any atom is 0.418 e. The summed E-state index contributed by atoms with van der Waals surface area (Å²) in [7, 11) is 1.24. The van der Waals surface area contributed by atoms with Crippen LogP contribution in [0.15, 0.2) is 36.4 Å². The van der Waals surface area contributed by atoms with Gasteiger partial charge >= 0.3 is 17.8 Å². The quantitative estimate of drug-likeness (QED) is 0.418. The third kappa shape index (κ3) is 4.63. The number of carbonyl (C=O) groups excluding carboxylic acids is 1. The van der Waals surface area contributed by atoms with E-state index in [0.29, 0.717) is 11.6 Å². The second-order valence-electron chi connectivity index (χ2n) is 5.05. The summed E-state index contributed by atoms with van der Waals surface area (Å²) >= 11 is 5.58. The molecule has 0 radical (unpaired) electrons. The fourth-order valence-electron chi connectivity index (χ4n) is 2.03. The molecule has 0 N–H and O–H groups in total. The van der Waals surface area contributed by atoms with Crippen LogP contribution in [0.5, 0.6) is 11.5 Å². The third-order valence-electron chi connectivity index (χ3n) is 3.28. The van der Waals surface area contributed by atoms with Crippen LogP contribution in [-0.2, 0) is 22.1 Å². The zero-order chi connectivity index (χ0) is 19.5. The Bertz CT molecular complexity index is 837. The average Bonchev–Trinajstić information content (AvgIpc) is 2.55. The number of ether oxygens (including phenoxy) is 2. The van der Waals surface area contributed by atoms with Gasteiger partial charge in [-0.2, -0.15) is 13.2 Å². The van der Waals surface area contributed by atoms with Crippen molar-refractivity contribution in [2.45, 2.75) is 12.6 Å². The van der Waals surface area contributed by atoms with Crippen molar-refractivity contribution in [3.05, 3.63) is 62.7 Å². The molecule has 0 amide bonds. The van der Waals surface area contributed by atoms with Crippen LogP contribution in [0.1, 0.15) is 11.1 Å². The van der Waals surface area contributed by atoms with Crippen LogP contribution >= 0.6 is 11.6 Å². The molecule has 2 aromatic rings. The van der Waals surface area contributed by atoms with Gasteiger partial charge in [-0.3, -0.25) is 14.9 Å². The normalized spacial score (nSPS) is 11.1. The highest BCUT2D eigenvalue weighted by Gasteiger charge is 2.36. The van der Waals surface area contributed by atoms with E-state index in [-0.39, 0.29) is 12.2 Å². The number of carbonyl (C=O) groups is 1. The zero-order valence-corrected chi connectivity index (χ0v) is 13.9. The van der Waals surface area contributed by atoms with Crippen LogP contribution in [0.4, 0.5) is 18.9 Å². The van der Waals surface area contributed by atoms with E-state index in [4.69, 9.17) is 16.3 Å². The number of alkyl halides is 3. The average molecular weight is 390 g/mol. The molecular formula is C16H11ClF3NO5. The van der Waals surface area contributed by atoms with Gasteiger partial charge in [-0.15, -0.1) is 0 Å². The van der Waals surface area contributed by atoms with Crippen molar-refractivity contribution in [3.63, 3.8) is 0 Å². The van der Waals surface area contributed by atoms with Gasteiger partial charge in [0.2, 0.25) is 5.75 Å². The van der Waals surface area contributed by atoms with E-state index in [1.165, 1.54) is 31.4 Å². The summed E-state index contributed by atoms with van der Waals surface area (Å²) in [5, 5.41) is 10.4. The number of hydrogen-bond donors (Lipinski definition) is 0. The van der Waals surface area contributed by atoms with Gasteiger partial charge in [-0.05, 0) is 17.7 Å². The van der Waals surface area contributed by atoms with Gasteiger partial charge in [0.05, 0.1) is 29.0 Å². The zero-order valence-electron chi connectivity index (χ0n) is 13.2. The number of methoxy groups -OCH3 is 1. The first kappa shape index (κ1) is 19.5. The van der Waals surface area contributed by atoms with Crippen LogP contribution in [0.25, 0.3) is 0 Å². The molecule has 0 bridgehead atoms. The van der Waals surface area contributed by atoms with Gasteiger partial charge in [0.25, 0.3) is 0 Å². The van der Waals surface area contributed by atoms with Crippen molar-refractivity contribution in [3.8, 4) is 11.5 Å². The van der Waals surface area contributed by atoms with Crippen LogP contribution in [-0.4, -0.2) is 18.0 Å². The van der Waals surface area contributed by atoms with Gasteiger partial charge < -0.3 is 9.47 Å². The van der Waals surface area contributed by atoms with Gasteiger partial charge in [0.15, 0.2) is 0 Å². The highest BCUT2D eigenvalue weighted by Crippen LogP contribution is 2.42. The molecule has 10 heteroatoms. The number of hydrogen-bond acceptors (Lipinski definition) is 5. The van der Waals surface area contributed by atoms with Crippen molar-refractivity contribution in [2.24, 2.45) is 0 Å². The minimum Gasteiger partial charge on any atom is -0.469 e. The first-order chi connectivity index (χ1) is 12.1. The van der Waals surface area contributed by atoms with Gasteiger partial charge in [0.1, 0.15) is 5.75 Å². The summed E-state index contributed by atoms with van der Waals surface area (Å²) in [5.74, 6) is -0.768. The predicted octanol–water partition coefficient (Wildman–Crippen LogP) is 4.77. The summed E-state index contributed by atoms with van der Waals surface area (Å²) in [6.07, 6.45) is -4.82.